The Balaban J connectivity index is 1.72. The van der Waals surface area contributed by atoms with Gasteiger partial charge in [0.05, 0.1) is 13.2 Å². The fourth-order valence-electron chi connectivity index (χ4n) is 2.65. The average Bonchev–Trinajstić information content (AvgIpc) is 2.77. The monoisotopic (exact) mass is 441 g/mol. The summed E-state index contributed by atoms with van der Waals surface area (Å²) in [6.07, 6.45) is 0.828. The first-order valence-corrected chi connectivity index (χ1v) is 10.7. The lowest BCUT2D eigenvalue weighted by Crippen LogP contribution is -2.41. The van der Waals surface area contributed by atoms with Gasteiger partial charge < -0.3 is 14.8 Å². The second-order valence-electron chi connectivity index (χ2n) is 7.57. The van der Waals surface area contributed by atoms with Crippen LogP contribution in [0.2, 0.25) is 0 Å². The zero-order valence-electron chi connectivity index (χ0n) is 18.8. The minimum atomic E-state index is -0.468. The van der Waals surface area contributed by atoms with E-state index in [1.54, 1.807) is 48.5 Å². The van der Waals surface area contributed by atoms with Gasteiger partial charge in [0.25, 0.3) is 5.91 Å². The summed E-state index contributed by atoms with van der Waals surface area (Å²) >= 11 is 0. The average molecular weight is 442 g/mol. The van der Waals surface area contributed by atoms with Crippen LogP contribution in [0.4, 0.5) is 5.69 Å². The molecule has 0 aliphatic heterocycles. The van der Waals surface area contributed by atoms with Gasteiger partial charge in [0.1, 0.15) is 11.5 Å². The molecule has 0 aliphatic carbocycles. The SMILES string of the molecule is CCOc1ccc(NC(=O)CCC(=O)NNC(=O)c2cccc(OCCC(C)C)c2)cc1. The van der Waals surface area contributed by atoms with E-state index in [0.717, 1.165) is 6.42 Å². The lowest BCUT2D eigenvalue weighted by atomic mass is 10.1. The molecule has 0 spiro atoms. The third-order valence-electron chi connectivity index (χ3n) is 4.40. The van der Waals surface area contributed by atoms with Crippen LogP contribution in [0, 0.1) is 5.92 Å². The molecule has 0 saturated carbocycles. The van der Waals surface area contributed by atoms with Crippen molar-refractivity contribution in [3.8, 4) is 11.5 Å². The first kappa shape index (κ1) is 24.7. The van der Waals surface area contributed by atoms with Gasteiger partial charge in [0, 0.05) is 24.1 Å². The lowest BCUT2D eigenvalue weighted by molar-refractivity contribution is -0.124. The molecule has 8 heteroatoms. The molecule has 0 fully saturated rings. The number of hydrazine groups is 1. The molecular formula is C24H31N3O5. The Labute approximate surface area is 188 Å². The third kappa shape index (κ3) is 9.07. The molecular weight excluding hydrogens is 410 g/mol. The van der Waals surface area contributed by atoms with Crippen molar-refractivity contribution in [2.45, 2.75) is 40.0 Å². The largest absolute Gasteiger partial charge is 0.494 e. The van der Waals surface area contributed by atoms with Gasteiger partial charge in [0.2, 0.25) is 11.8 Å². The van der Waals surface area contributed by atoms with Crippen molar-refractivity contribution in [1.29, 1.82) is 0 Å². The second-order valence-corrected chi connectivity index (χ2v) is 7.57. The predicted molar refractivity (Wildman–Crippen MR) is 122 cm³/mol. The van der Waals surface area contributed by atoms with E-state index in [2.05, 4.69) is 30.0 Å². The summed E-state index contributed by atoms with van der Waals surface area (Å²) in [5.74, 6) is 0.599. The van der Waals surface area contributed by atoms with E-state index in [1.165, 1.54) is 0 Å². The zero-order valence-corrected chi connectivity index (χ0v) is 18.8. The van der Waals surface area contributed by atoms with Crippen LogP contribution in [0.1, 0.15) is 50.4 Å². The molecule has 2 aromatic carbocycles. The quantitative estimate of drug-likeness (QED) is 0.461. The fraction of sp³-hybridized carbons (Fsp3) is 0.375. The van der Waals surface area contributed by atoms with E-state index in [-0.39, 0.29) is 18.7 Å². The van der Waals surface area contributed by atoms with Gasteiger partial charge in [-0.25, -0.2) is 0 Å². The van der Waals surface area contributed by atoms with Crippen LogP contribution in [0.15, 0.2) is 48.5 Å². The maximum atomic E-state index is 12.3. The Morgan fingerprint density at radius 3 is 2.28 bits per heavy atom. The maximum Gasteiger partial charge on any atom is 0.269 e. The number of rotatable bonds is 11. The second kappa shape index (κ2) is 13.0. The van der Waals surface area contributed by atoms with Gasteiger partial charge >= 0.3 is 0 Å². The van der Waals surface area contributed by atoms with E-state index >= 15 is 0 Å². The molecule has 8 nitrogen and oxygen atoms in total. The Morgan fingerprint density at radius 2 is 1.59 bits per heavy atom. The molecule has 3 N–H and O–H groups in total. The van der Waals surface area contributed by atoms with Crippen molar-refractivity contribution >= 4 is 23.4 Å². The molecule has 3 amide bonds. The van der Waals surface area contributed by atoms with Crippen molar-refractivity contribution in [2.24, 2.45) is 5.92 Å². The number of carbonyl (C=O) groups is 3. The predicted octanol–water partition coefficient (Wildman–Crippen LogP) is 3.69. The molecule has 0 radical (unpaired) electrons. The van der Waals surface area contributed by atoms with Crippen LogP contribution in [-0.2, 0) is 9.59 Å². The number of ether oxygens (including phenoxy) is 2. The lowest BCUT2D eigenvalue weighted by Gasteiger charge is -2.10. The van der Waals surface area contributed by atoms with Crippen molar-refractivity contribution in [2.75, 3.05) is 18.5 Å². The summed E-state index contributed by atoms with van der Waals surface area (Å²) in [6.45, 7) is 7.25. The molecule has 0 aliphatic rings. The van der Waals surface area contributed by atoms with Gasteiger partial charge in [-0.05, 0) is 61.7 Å². The highest BCUT2D eigenvalue weighted by molar-refractivity contribution is 5.96. The smallest absolute Gasteiger partial charge is 0.269 e. The summed E-state index contributed by atoms with van der Waals surface area (Å²) in [4.78, 5) is 36.3. The normalized spacial score (nSPS) is 10.4. The van der Waals surface area contributed by atoms with E-state index in [1.807, 2.05) is 6.92 Å². The molecule has 0 bridgehead atoms. The summed E-state index contributed by atoms with van der Waals surface area (Å²) in [6, 6.07) is 13.7. The van der Waals surface area contributed by atoms with E-state index in [9.17, 15) is 14.4 Å². The fourth-order valence-corrected chi connectivity index (χ4v) is 2.65. The van der Waals surface area contributed by atoms with Crippen LogP contribution < -0.4 is 25.6 Å². The van der Waals surface area contributed by atoms with Crippen molar-refractivity contribution in [3.63, 3.8) is 0 Å². The minimum Gasteiger partial charge on any atom is -0.494 e. The van der Waals surface area contributed by atoms with Crippen LogP contribution in [0.5, 0.6) is 11.5 Å². The number of hydrogen-bond acceptors (Lipinski definition) is 5. The van der Waals surface area contributed by atoms with Gasteiger partial charge in [-0.2, -0.15) is 0 Å². The molecule has 2 aromatic rings. The molecule has 32 heavy (non-hydrogen) atoms. The van der Waals surface area contributed by atoms with Gasteiger partial charge in [-0.15, -0.1) is 0 Å². The topological polar surface area (TPSA) is 106 Å². The minimum absolute atomic E-state index is 0.0198. The van der Waals surface area contributed by atoms with Crippen molar-refractivity contribution in [3.05, 3.63) is 54.1 Å². The van der Waals surface area contributed by atoms with Crippen LogP contribution >= 0.6 is 0 Å². The van der Waals surface area contributed by atoms with Gasteiger partial charge in [-0.1, -0.05) is 19.9 Å². The van der Waals surface area contributed by atoms with Crippen molar-refractivity contribution < 1.29 is 23.9 Å². The summed E-state index contributed by atoms with van der Waals surface area (Å²) < 4.78 is 11.0. The number of benzene rings is 2. The Hall–Kier alpha value is -3.55. The highest BCUT2D eigenvalue weighted by Gasteiger charge is 2.11. The number of anilines is 1. The van der Waals surface area contributed by atoms with E-state index in [0.29, 0.717) is 41.9 Å². The van der Waals surface area contributed by atoms with Gasteiger partial charge in [0.15, 0.2) is 0 Å². The Kier molecular flexibility index (Phi) is 10.0. The Bertz CT molecular complexity index is 897. The highest BCUT2D eigenvalue weighted by atomic mass is 16.5. The molecule has 0 unspecified atom stereocenters. The molecule has 172 valence electrons. The first-order valence-electron chi connectivity index (χ1n) is 10.7. The molecule has 2 rings (SSSR count). The van der Waals surface area contributed by atoms with Gasteiger partial charge in [-0.3, -0.25) is 25.2 Å². The maximum absolute atomic E-state index is 12.3. The highest BCUT2D eigenvalue weighted by Crippen LogP contribution is 2.16. The number of amides is 3. The van der Waals surface area contributed by atoms with Crippen LogP contribution in [0.3, 0.4) is 0 Å². The number of hydrogen-bond donors (Lipinski definition) is 3. The summed E-state index contributed by atoms with van der Waals surface area (Å²) in [5.41, 5.74) is 5.65. The molecule has 0 atom stereocenters. The molecule has 0 saturated heterocycles. The van der Waals surface area contributed by atoms with Crippen LogP contribution in [0.25, 0.3) is 0 Å². The molecule has 0 aromatic heterocycles. The zero-order chi connectivity index (χ0) is 23.3. The van der Waals surface area contributed by atoms with E-state index in [4.69, 9.17) is 9.47 Å². The molecule has 0 heterocycles. The number of carbonyl (C=O) groups excluding carboxylic acids is 3. The Morgan fingerprint density at radius 1 is 0.875 bits per heavy atom. The summed E-state index contributed by atoms with van der Waals surface area (Å²) in [5, 5.41) is 2.71. The van der Waals surface area contributed by atoms with Crippen molar-refractivity contribution in [1.82, 2.24) is 10.9 Å². The third-order valence-corrected chi connectivity index (χ3v) is 4.40. The summed E-state index contributed by atoms with van der Waals surface area (Å²) in [7, 11) is 0. The van der Waals surface area contributed by atoms with E-state index < -0.39 is 11.8 Å². The first-order chi connectivity index (χ1) is 15.4. The standard InChI is InChI=1S/C24H31N3O5/c1-4-31-20-10-8-19(9-11-20)25-22(28)12-13-23(29)26-27-24(30)18-6-5-7-21(16-18)32-15-14-17(2)3/h5-11,16-17H,4,12-15H2,1-3H3,(H,25,28)(H,26,29)(H,27,30). The number of nitrogens with one attached hydrogen (secondary N) is 3. The van der Waals surface area contributed by atoms with Crippen LogP contribution in [-0.4, -0.2) is 30.9 Å².